The molecule has 0 unspecified atom stereocenters. The fourth-order valence-corrected chi connectivity index (χ4v) is 2.63. The van der Waals surface area contributed by atoms with Gasteiger partial charge in [0.1, 0.15) is 6.54 Å². The second-order valence-electron chi connectivity index (χ2n) is 5.62. The number of hydrogen-bond donors (Lipinski definition) is 1. The van der Waals surface area contributed by atoms with E-state index in [4.69, 9.17) is 0 Å². The summed E-state index contributed by atoms with van der Waals surface area (Å²) in [6, 6.07) is 14.6. The Hall–Kier alpha value is -2.88. The molecule has 0 bridgehead atoms. The molecule has 0 radical (unpaired) electrons. The molecule has 4 nitrogen and oxygen atoms in total. The van der Waals surface area contributed by atoms with Gasteiger partial charge in [0.25, 0.3) is 0 Å². The molecule has 0 spiro atoms. The second-order valence-corrected chi connectivity index (χ2v) is 5.62. The van der Waals surface area contributed by atoms with Gasteiger partial charge in [-0.25, -0.2) is 0 Å². The number of anilines is 1. The summed E-state index contributed by atoms with van der Waals surface area (Å²) < 4.78 is 1.79. The number of nitrogens with zero attached hydrogens (tertiary/aromatic N) is 1. The number of hydrogen-bond acceptors (Lipinski definition) is 2. The highest BCUT2D eigenvalue weighted by Gasteiger charge is 2.09. The number of benzene rings is 2. The third-order valence-electron chi connectivity index (χ3n) is 4.08. The minimum atomic E-state index is -0.118. The molecule has 0 aliphatic rings. The van der Waals surface area contributed by atoms with E-state index < -0.39 is 0 Å². The minimum Gasteiger partial charge on any atom is -0.338 e. The first kappa shape index (κ1) is 15.0. The second kappa shape index (κ2) is 6.08. The van der Waals surface area contributed by atoms with Gasteiger partial charge in [-0.1, -0.05) is 24.3 Å². The normalized spacial score (nSPS) is 10.7. The highest BCUT2D eigenvalue weighted by atomic mass is 16.2. The van der Waals surface area contributed by atoms with E-state index in [0.717, 1.165) is 22.3 Å². The fourth-order valence-electron chi connectivity index (χ4n) is 2.63. The van der Waals surface area contributed by atoms with Crippen LogP contribution < -0.4 is 10.7 Å². The van der Waals surface area contributed by atoms with Crippen molar-refractivity contribution in [2.24, 2.45) is 0 Å². The molecule has 0 atom stereocenters. The molecule has 4 heteroatoms. The predicted octanol–water partition coefficient (Wildman–Crippen LogP) is 3.26. The zero-order valence-corrected chi connectivity index (χ0v) is 13.2. The minimum absolute atomic E-state index is 0.0354. The summed E-state index contributed by atoms with van der Waals surface area (Å²) in [5, 5.41) is 3.56. The number of para-hydroxylation sites is 1. The zero-order chi connectivity index (χ0) is 16.4. The lowest BCUT2D eigenvalue weighted by atomic mass is 10.1. The van der Waals surface area contributed by atoms with Crippen molar-refractivity contribution in [3.8, 4) is 0 Å². The highest BCUT2D eigenvalue weighted by Crippen LogP contribution is 2.18. The number of fused-ring (bicyclic) bond motifs is 1. The quantitative estimate of drug-likeness (QED) is 0.807. The van der Waals surface area contributed by atoms with Crippen molar-refractivity contribution in [2.45, 2.75) is 20.4 Å². The van der Waals surface area contributed by atoms with Gasteiger partial charge < -0.3 is 9.88 Å². The van der Waals surface area contributed by atoms with E-state index >= 15 is 0 Å². The first-order valence-corrected chi connectivity index (χ1v) is 7.50. The number of carbonyl (C=O) groups excluding carboxylic acids is 1. The smallest absolute Gasteiger partial charge is 0.244 e. The van der Waals surface area contributed by atoms with Crippen molar-refractivity contribution >= 4 is 22.5 Å². The Morgan fingerprint density at radius 2 is 1.83 bits per heavy atom. The van der Waals surface area contributed by atoms with Gasteiger partial charge in [-0.15, -0.1) is 0 Å². The Kier molecular flexibility index (Phi) is 3.98. The number of carbonyl (C=O) groups is 1. The van der Waals surface area contributed by atoms with Gasteiger partial charge >= 0.3 is 0 Å². The van der Waals surface area contributed by atoms with Crippen molar-refractivity contribution in [1.29, 1.82) is 0 Å². The number of pyridine rings is 1. The van der Waals surface area contributed by atoms with Gasteiger partial charge in [0.15, 0.2) is 5.43 Å². The van der Waals surface area contributed by atoms with Crippen LogP contribution in [0.25, 0.3) is 10.9 Å². The Morgan fingerprint density at radius 3 is 2.65 bits per heavy atom. The lowest BCUT2D eigenvalue weighted by Gasteiger charge is -2.13. The Morgan fingerprint density at radius 1 is 1.04 bits per heavy atom. The fraction of sp³-hybridized carbons (Fsp3) is 0.158. The number of amides is 1. The van der Waals surface area contributed by atoms with Gasteiger partial charge in [-0.2, -0.15) is 0 Å². The molecular weight excluding hydrogens is 288 g/mol. The summed E-state index contributed by atoms with van der Waals surface area (Å²) in [5.41, 5.74) is 3.74. The van der Waals surface area contributed by atoms with Crippen LogP contribution in [0.3, 0.4) is 0 Å². The van der Waals surface area contributed by atoms with E-state index in [2.05, 4.69) is 5.32 Å². The van der Waals surface area contributed by atoms with Gasteiger partial charge in [0.05, 0.1) is 5.52 Å². The molecule has 3 aromatic rings. The molecule has 0 saturated carbocycles. The number of aryl methyl sites for hydroxylation is 1. The maximum atomic E-state index is 12.4. The SMILES string of the molecule is Cc1cccc(NC(=O)Cn2ccc(=O)c3ccccc32)c1C. The zero-order valence-electron chi connectivity index (χ0n) is 13.2. The summed E-state index contributed by atoms with van der Waals surface area (Å²) in [6.45, 7) is 4.16. The van der Waals surface area contributed by atoms with E-state index in [1.165, 1.54) is 6.07 Å². The van der Waals surface area contributed by atoms with Gasteiger partial charge in [0.2, 0.25) is 5.91 Å². The van der Waals surface area contributed by atoms with Crippen LogP contribution in [-0.2, 0) is 11.3 Å². The molecule has 1 heterocycles. The van der Waals surface area contributed by atoms with Crippen molar-refractivity contribution in [1.82, 2.24) is 4.57 Å². The van der Waals surface area contributed by atoms with Crippen LogP contribution in [0, 0.1) is 13.8 Å². The van der Waals surface area contributed by atoms with E-state index in [-0.39, 0.29) is 17.9 Å². The molecule has 116 valence electrons. The Bertz CT molecular complexity index is 941. The maximum absolute atomic E-state index is 12.4. The summed E-state index contributed by atoms with van der Waals surface area (Å²) in [4.78, 5) is 24.2. The topological polar surface area (TPSA) is 51.1 Å². The summed E-state index contributed by atoms with van der Waals surface area (Å²) in [6.07, 6.45) is 1.66. The van der Waals surface area contributed by atoms with Crippen molar-refractivity contribution in [3.63, 3.8) is 0 Å². The largest absolute Gasteiger partial charge is 0.338 e. The van der Waals surface area contributed by atoms with Crippen LogP contribution in [0.5, 0.6) is 0 Å². The van der Waals surface area contributed by atoms with E-state index in [9.17, 15) is 9.59 Å². The lowest BCUT2D eigenvalue weighted by Crippen LogP contribution is -2.20. The third-order valence-corrected chi connectivity index (χ3v) is 4.08. The first-order valence-electron chi connectivity index (χ1n) is 7.50. The lowest BCUT2D eigenvalue weighted by molar-refractivity contribution is -0.116. The Balaban J connectivity index is 1.88. The van der Waals surface area contributed by atoms with Crippen LogP contribution in [0.2, 0.25) is 0 Å². The summed E-state index contributed by atoms with van der Waals surface area (Å²) in [7, 11) is 0. The molecule has 0 aliphatic carbocycles. The summed E-state index contributed by atoms with van der Waals surface area (Å²) >= 11 is 0. The van der Waals surface area contributed by atoms with Gasteiger partial charge in [-0.05, 0) is 43.2 Å². The van der Waals surface area contributed by atoms with Crippen LogP contribution in [-0.4, -0.2) is 10.5 Å². The standard InChI is InChI=1S/C19H18N2O2/c1-13-6-5-8-16(14(13)2)20-19(23)12-21-11-10-18(22)15-7-3-4-9-17(15)21/h3-11H,12H2,1-2H3,(H,20,23). The number of rotatable bonds is 3. The van der Waals surface area contributed by atoms with Gasteiger partial charge in [-0.3, -0.25) is 9.59 Å². The first-order chi connectivity index (χ1) is 11.1. The Labute approximate surface area is 134 Å². The van der Waals surface area contributed by atoms with E-state index in [1.807, 2.05) is 50.2 Å². The molecule has 1 aromatic heterocycles. The molecule has 0 aliphatic heterocycles. The van der Waals surface area contributed by atoms with E-state index in [1.54, 1.807) is 16.8 Å². The molecular formula is C19H18N2O2. The van der Waals surface area contributed by atoms with Crippen molar-refractivity contribution in [2.75, 3.05) is 5.32 Å². The molecule has 1 amide bonds. The molecule has 0 fully saturated rings. The van der Waals surface area contributed by atoms with Crippen molar-refractivity contribution < 1.29 is 4.79 Å². The summed E-state index contributed by atoms with van der Waals surface area (Å²) in [5.74, 6) is -0.118. The van der Waals surface area contributed by atoms with Crippen LogP contribution in [0.1, 0.15) is 11.1 Å². The molecule has 2 aromatic carbocycles. The number of aromatic nitrogens is 1. The highest BCUT2D eigenvalue weighted by molar-refractivity contribution is 5.92. The van der Waals surface area contributed by atoms with E-state index in [0.29, 0.717) is 5.39 Å². The molecule has 1 N–H and O–H groups in total. The van der Waals surface area contributed by atoms with Crippen LogP contribution >= 0.6 is 0 Å². The van der Waals surface area contributed by atoms with Crippen LogP contribution in [0.4, 0.5) is 5.69 Å². The average Bonchev–Trinajstić information content (AvgIpc) is 2.55. The monoisotopic (exact) mass is 306 g/mol. The maximum Gasteiger partial charge on any atom is 0.244 e. The van der Waals surface area contributed by atoms with Gasteiger partial charge in [0, 0.05) is 23.3 Å². The van der Waals surface area contributed by atoms with Crippen molar-refractivity contribution in [3.05, 3.63) is 76.1 Å². The average molecular weight is 306 g/mol. The number of nitrogens with one attached hydrogen (secondary N) is 1. The molecule has 0 saturated heterocycles. The van der Waals surface area contributed by atoms with Crippen LogP contribution in [0.15, 0.2) is 59.5 Å². The third kappa shape index (κ3) is 3.01. The molecule has 3 rings (SSSR count). The predicted molar refractivity (Wildman–Crippen MR) is 92.8 cm³/mol. The molecule has 23 heavy (non-hydrogen) atoms.